The average Bonchev–Trinajstić information content (AvgIpc) is 3.50. The highest BCUT2D eigenvalue weighted by Gasteiger charge is 2.27. The molecule has 44 heavy (non-hydrogen) atoms. The van der Waals surface area contributed by atoms with Gasteiger partial charge in [0.2, 0.25) is 17.5 Å². The summed E-state index contributed by atoms with van der Waals surface area (Å²) >= 11 is 12.0. The Hall–Kier alpha value is -4.25. The molecule has 2 amide bonds. The van der Waals surface area contributed by atoms with Crippen molar-refractivity contribution in [3.05, 3.63) is 117 Å². The van der Waals surface area contributed by atoms with Crippen molar-refractivity contribution in [3.8, 4) is 0 Å². The van der Waals surface area contributed by atoms with E-state index in [4.69, 9.17) is 38.2 Å². The van der Waals surface area contributed by atoms with Crippen LogP contribution >= 0.6 is 23.2 Å². The van der Waals surface area contributed by atoms with Gasteiger partial charge in [0, 0.05) is 12.1 Å². The summed E-state index contributed by atoms with van der Waals surface area (Å²) in [4.78, 5) is 42.5. The number of carbonyl (C=O) groups is 3. The molecular formula is C32H33Cl2N5O5. The lowest BCUT2D eigenvalue weighted by atomic mass is 10.0. The molecule has 0 radical (unpaired) electrons. The first-order chi connectivity index (χ1) is 21.3. The number of amides is 2. The van der Waals surface area contributed by atoms with Gasteiger partial charge in [-0.15, -0.1) is 0 Å². The molecule has 0 aliphatic heterocycles. The number of halogens is 2. The summed E-state index contributed by atoms with van der Waals surface area (Å²) in [5.41, 5.74) is 8.70. The number of nitrogens with two attached hydrogens (primary N) is 1. The van der Waals surface area contributed by atoms with Gasteiger partial charge < -0.3 is 25.6 Å². The number of benzene rings is 3. The lowest BCUT2D eigenvalue weighted by Gasteiger charge is -2.16. The predicted molar refractivity (Wildman–Crippen MR) is 167 cm³/mol. The minimum Gasteiger partial charge on any atom is -0.445 e. The molecule has 0 fully saturated rings. The summed E-state index contributed by atoms with van der Waals surface area (Å²) in [6.07, 6.45) is 1.79. The molecule has 4 rings (SSSR count). The Morgan fingerprint density at radius 2 is 1.66 bits per heavy atom. The molecule has 0 aliphatic carbocycles. The number of carbonyl (C=O) groups excluding carboxylic acids is 3. The van der Waals surface area contributed by atoms with Crippen LogP contribution in [0.1, 0.15) is 62.8 Å². The standard InChI is InChI=1S/C32H33Cl2N5O5/c33-25-14-11-22(18-26(25)34)15-17-36-31(41)24-12-9-21(10-13-24)19-28-38-30(39-44-28)29(40)27(8-4-5-16-35)37-32(42)43-20-23-6-2-1-3-7-23/h1-3,6-7,9-14,18,27H,4-5,8,15-17,19-20,35H2,(H,36,41)(H,37,42). The molecule has 0 bridgehead atoms. The van der Waals surface area contributed by atoms with Crippen molar-refractivity contribution >= 4 is 41.0 Å². The van der Waals surface area contributed by atoms with Gasteiger partial charge in [0.15, 0.2) is 0 Å². The van der Waals surface area contributed by atoms with Gasteiger partial charge in [-0.1, -0.05) is 76.9 Å². The van der Waals surface area contributed by atoms with Crippen LogP contribution in [0.5, 0.6) is 0 Å². The molecule has 230 valence electrons. The number of rotatable bonds is 15. The Balaban J connectivity index is 1.29. The molecular weight excluding hydrogens is 605 g/mol. The van der Waals surface area contributed by atoms with Crippen molar-refractivity contribution < 1.29 is 23.6 Å². The van der Waals surface area contributed by atoms with E-state index >= 15 is 0 Å². The number of alkyl carbamates (subject to hydrolysis) is 1. The fourth-order valence-electron chi connectivity index (χ4n) is 4.32. The summed E-state index contributed by atoms with van der Waals surface area (Å²) in [6.45, 7) is 0.969. The van der Waals surface area contributed by atoms with Gasteiger partial charge in [0.1, 0.15) is 6.61 Å². The molecule has 0 saturated carbocycles. The van der Waals surface area contributed by atoms with E-state index < -0.39 is 17.9 Å². The number of hydrogen-bond acceptors (Lipinski definition) is 8. The Morgan fingerprint density at radius 1 is 0.909 bits per heavy atom. The van der Waals surface area contributed by atoms with Crippen LogP contribution in [0, 0.1) is 0 Å². The van der Waals surface area contributed by atoms with Gasteiger partial charge in [-0.25, -0.2) is 4.79 Å². The minimum absolute atomic E-state index is 0.0714. The van der Waals surface area contributed by atoms with E-state index in [9.17, 15) is 14.4 Å². The van der Waals surface area contributed by atoms with Crippen LogP contribution in [0.4, 0.5) is 4.79 Å². The molecule has 0 saturated heterocycles. The number of Topliss-reactive ketones (excluding diaryl/α,β-unsaturated/α-hetero) is 1. The lowest BCUT2D eigenvalue weighted by molar-refractivity contribution is 0.0896. The van der Waals surface area contributed by atoms with E-state index in [1.54, 1.807) is 36.4 Å². The van der Waals surface area contributed by atoms with Gasteiger partial charge in [-0.3, -0.25) is 9.59 Å². The zero-order chi connectivity index (χ0) is 31.3. The number of aromatic nitrogens is 2. The summed E-state index contributed by atoms with van der Waals surface area (Å²) in [6, 6.07) is 20.7. The molecule has 12 heteroatoms. The predicted octanol–water partition coefficient (Wildman–Crippen LogP) is 5.55. The van der Waals surface area contributed by atoms with Crippen LogP contribution in [0.15, 0.2) is 77.3 Å². The van der Waals surface area contributed by atoms with E-state index in [0.717, 1.165) is 16.7 Å². The smallest absolute Gasteiger partial charge is 0.408 e. The van der Waals surface area contributed by atoms with Crippen LogP contribution in [0.2, 0.25) is 10.0 Å². The van der Waals surface area contributed by atoms with Crippen molar-refractivity contribution in [2.45, 2.75) is 44.8 Å². The first-order valence-corrected chi connectivity index (χ1v) is 14.9. The largest absolute Gasteiger partial charge is 0.445 e. The monoisotopic (exact) mass is 637 g/mol. The van der Waals surface area contributed by atoms with E-state index in [1.807, 2.05) is 36.4 Å². The van der Waals surface area contributed by atoms with Gasteiger partial charge in [-0.05, 0) is 73.2 Å². The Bertz CT molecular complexity index is 1550. The van der Waals surface area contributed by atoms with Crippen molar-refractivity contribution in [1.29, 1.82) is 0 Å². The van der Waals surface area contributed by atoms with E-state index in [0.29, 0.717) is 54.4 Å². The molecule has 1 heterocycles. The van der Waals surface area contributed by atoms with Gasteiger partial charge in [-0.2, -0.15) is 4.98 Å². The Kier molecular flexibility index (Phi) is 12.3. The normalized spacial score (nSPS) is 11.5. The highest BCUT2D eigenvalue weighted by atomic mass is 35.5. The number of hydrogen-bond donors (Lipinski definition) is 3. The van der Waals surface area contributed by atoms with Crippen molar-refractivity contribution in [1.82, 2.24) is 20.8 Å². The second-order valence-electron chi connectivity index (χ2n) is 10.0. The van der Waals surface area contributed by atoms with Crippen molar-refractivity contribution in [2.24, 2.45) is 5.73 Å². The number of ketones is 1. The molecule has 0 aliphatic rings. The van der Waals surface area contributed by atoms with Crippen molar-refractivity contribution in [3.63, 3.8) is 0 Å². The Morgan fingerprint density at radius 3 is 2.39 bits per heavy atom. The summed E-state index contributed by atoms with van der Waals surface area (Å²) < 4.78 is 10.6. The first kappa shape index (κ1) is 32.7. The fraction of sp³-hybridized carbons (Fsp3) is 0.281. The maximum atomic E-state index is 13.2. The third-order valence-corrected chi connectivity index (χ3v) is 7.45. The number of unbranched alkanes of at least 4 members (excludes halogenated alkanes) is 1. The molecule has 4 aromatic rings. The van der Waals surface area contributed by atoms with Crippen LogP contribution < -0.4 is 16.4 Å². The van der Waals surface area contributed by atoms with E-state index in [1.165, 1.54) is 0 Å². The zero-order valence-electron chi connectivity index (χ0n) is 23.9. The van der Waals surface area contributed by atoms with Gasteiger partial charge in [0.05, 0.1) is 22.5 Å². The molecule has 1 atom stereocenters. The topological polar surface area (TPSA) is 149 Å². The second-order valence-corrected chi connectivity index (χ2v) is 10.9. The molecule has 1 aromatic heterocycles. The number of nitrogens with zero attached hydrogens (tertiary/aromatic N) is 2. The second kappa shape index (κ2) is 16.6. The molecule has 4 N–H and O–H groups in total. The molecule has 10 nitrogen and oxygen atoms in total. The molecule has 1 unspecified atom stereocenters. The summed E-state index contributed by atoms with van der Waals surface area (Å²) in [7, 11) is 0. The third-order valence-electron chi connectivity index (χ3n) is 6.71. The molecule has 3 aromatic carbocycles. The maximum absolute atomic E-state index is 13.2. The fourth-order valence-corrected chi connectivity index (χ4v) is 4.64. The van der Waals surface area contributed by atoms with Gasteiger partial charge in [0.25, 0.3) is 5.91 Å². The van der Waals surface area contributed by atoms with Crippen LogP contribution in [0.3, 0.4) is 0 Å². The first-order valence-electron chi connectivity index (χ1n) is 14.2. The van der Waals surface area contributed by atoms with Crippen LogP contribution in [0.25, 0.3) is 0 Å². The number of nitrogens with one attached hydrogen (secondary N) is 2. The lowest BCUT2D eigenvalue weighted by Crippen LogP contribution is -2.41. The zero-order valence-corrected chi connectivity index (χ0v) is 25.4. The third kappa shape index (κ3) is 9.90. The summed E-state index contributed by atoms with van der Waals surface area (Å²) in [5, 5.41) is 10.3. The van der Waals surface area contributed by atoms with E-state index in [-0.39, 0.29) is 30.7 Å². The number of ether oxygens (including phenoxy) is 1. The average molecular weight is 639 g/mol. The highest BCUT2D eigenvalue weighted by molar-refractivity contribution is 6.42. The summed E-state index contributed by atoms with van der Waals surface area (Å²) in [5.74, 6) is -0.613. The minimum atomic E-state index is -0.898. The van der Waals surface area contributed by atoms with Crippen molar-refractivity contribution in [2.75, 3.05) is 13.1 Å². The maximum Gasteiger partial charge on any atom is 0.408 e. The quantitative estimate of drug-likeness (QED) is 0.113. The molecule has 0 spiro atoms. The van der Waals surface area contributed by atoms with E-state index in [2.05, 4.69) is 20.8 Å². The Labute approximate surface area is 265 Å². The van der Waals surface area contributed by atoms with Crippen LogP contribution in [-0.2, 0) is 24.2 Å². The highest BCUT2D eigenvalue weighted by Crippen LogP contribution is 2.22. The van der Waals surface area contributed by atoms with Crippen LogP contribution in [-0.4, -0.2) is 47.1 Å². The SMILES string of the molecule is NCCCCC(NC(=O)OCc1ccccc1)C(=O)c1noc(Cc2ccc(C(=O)NCCc3ccc(Cl)c(Cl)c3)cc2)n1. The van der Waals surface area contributed by atoms with Gasteiger partial charge >= 0.3 is 6.09 Å².